The van der Waals surface area contributed by atoms with Crippen molar-refractivity contribution < 1.29 is 29.0 Å². The van der Waals surface area contributed by atoms with E-state index in [4.69, 9.17) is 14.7 Å². The molecule has 0 atom stereocenters. The number of amides is 1. The second kappa shape index (κ2) is 12.8. The molecule has 0 fully saturated rings. The van der Waals surface area contributed by atoms with Crippen LogP contribution >= 0.6 is 0 Å². The van der Waals surface area contributed by atoms with Crippen LogP contribution in [0.4, 0.5) is 15.9 Å². The number of fused-ring (bicyclic) bond motifs is 1. The van der Waals surface area contributed by atoms with Crippen molar-refractivity contribution in [2.75, 3.05) is 45.3 Å². The molecule has 0 unspecified atom stereocenters. The maximum absolute atomic E-state index is 13.6. The number of aryl methyl sites for hydroxylation is 1. The van der Waals surface area contributed by atoms with Gasteiger partial charge in [-0.1, -0.05) is 0 Å². The highest BCUT2D eigenvalue weighted by atomic mass is 19.1. The van der Waals surface area contributed by atoms with E-state index >= 15 is 0 Å². The lowest BCUT2D eigenvalue weighted by atomic mass is 10.2. The molecule has 4 N–H and O–H groups in total. The number of hydrogen-bond donors (Lipinski definition) is 4. The Hall–Kier alpha value is -3.54. The SMILES string of the molecule is COc1cc2ncnc(Nc3ccc(F)c(C)c3)c2cc1OCCN(CCO)CCCC(=O)NO. The fraction of sp³-hybridized carbons (Fsp3) is 0.375. The zero-order chi connectivity index (χ0) is 25.2. The highest BCUT2D eigenvalue weighted by Gasteiger charge is 2.13. The van der Waals surface area contributed by atoms with E-state index in [-0.39, 0.29) is 18.8 Å². The summed E-state index contributed by atoms with van der Waals surface area (Å²) < 4.78 is 25.1. The van der Waals surface area contributed by atoms with E-state index in [0.717, 1.165) is 0 Å². The van der Waals surface area contributed by atoms with Crippen LogP contribution in [0.15, 0.2) is 36.7 Å². The summed E-state index contributed by atoms with van der Waals surface area (Å²) in [6.45, 7) is 3.47. The number of anilines is 2. The number of benzene rings is 2. The minimum absolute atomic E-state index is 0.0271. The number of ether oxygens (including phenoxy) is 2. The fourth-order valence-electron chi connectivity index (χ4n) is 3.58. The Bertz CT molecular complexity index is 1150. The Morgan fingerprint density at radius 2 is 1.97 bits per heavy atom. The summed E-state index contributed by atoms with van der Waals surface area (Å²) in [6, 6.07) is 8.27. The largest absolute Gasteiger partial charge is 0.493 e. The number of aliphatic hydroxyl groups excluding tert-OH is 1. The summed E-state index contributed by atoms with van der Waals surface area (Å²) in [5.74, 6) is 0.811. The molecule has 0 saturated carbocycles. The minimum Gasteiger partial charge on any atom is -0.493 e. The van der Waals surface area contributed by atoms with Crippen molar-refractivity contribution in [3.8, 4) is 11.5 Å². The van der Waals surface area contributed by atoms with Crippen molar-refractivity contribution in [2.24, 2.45) is 0 Å². The van der Waals surface area contributed by atoms with Crippen LogP contribution in [0.5, 0.6) is 11.5 Å². The normalized spacial score (nSPS) is 11.0. The van der Waals surface area contributed by atoms with Gasteiger partial charge in [-0.3, -0.25) is 14.9 Å². The molecule has 1 heterocycles. The van der Waals surface area contributed by atoms with Gasteiger partial charge in [0.25, 0.3) is 0 Å². The molecule has 188 valence electrons. The second-order valence-corrected chi connectivity index (χ2v) is 7.88. The molecule has 3 aromatic rings. The first kappa shape index (κ1) is 26.1. The van der Waals surface area contributed by atoms with E-state index in [1.54, 1.807) is 43.8 Å². The third kappa shape index (κ3) is 7.22. The van der Waals surface area contributed by atoms with Crippen LogP contribution in [0, 0.1) is 12.7 Å². The van der Waals surface area contributed by atoms with Crippen molar-refractivity contribution in [2.45, 2.75) is 19.8 Å². The number of hydroxylamine groups is 1. The van der Waals surface area contributed by atoms with Crippen LogP contribution in [0.3, 0.4) is 0 Å². The third-order valence-corrected chi connectivity index (χ3v) is 5.43. The molecule has 0 aliphatic heterocycles. The number of nitrogens with one attached hydrogen (secondary N) is 2. The van der Waals surface area contributed by atoms with Gasteiger partial charge in [-0.05, 0) is 49.7 Å². The summed E-state index contributed by atoms with van der Waals surface area (Å²) in [6.07, 6.45) is 2.15. The molecule has 1 amide bonds. The molecule has 1 aromatic heterocycles. The van der Waals surface area contributed by atoms with Crippen molar-refractivity contribution in [3.63, 3.8) is 0 Å². The van der Waals surface area contributed by atoms with Crippen LogP contribution in [0.1, 0.15) is 18.4 Å². The molecule has 10 nitrogen and oxygen atoms in total. The standard InChI is InChI=1S/C24H30FN5O5/c1-16-12-17(5-6-19(16)25)28-24-18-13-22(21(34-2)14-20(18)26-15-27-24)35-11-9-30(8-10-31)7-3-4-23(32)29-33/h5-6,12-15,31,33H,3-4,7-11H2,1-2H3,(H,29,32)(H,26,27,28). The van der Waals surface area contributed by atoms with Gasteiger partial charge in [0.2, 0.25) is 5.91 Å². The van der Waals surface area contributed by atoms with Gasteiger partial charge in [-0.2, -0.15) is 0 Å². The Labute approximate surface area is 202 Å². The van der Waals surface area contributed by atoms with E-state index in [0.29, 0.717) is 72.1 Å². The lowest BCUT2D eigenvalue weighted by Gasteiger charge is -2.21. The van der Waals surface area contributed by atoms with E-state index in [9.17, 15) is 14.3 Å². The lowest BCUT2D eigenvalue weighted by molar-refractivity contribution is -0.129. The topological polar surface area (TPSA) is 129 Å². The number of rotatable bonds is 13. The molecule has 3 rings (SSSR count). The summed E-state index contributed by atoms with van der Waals surface area (Å²) in [5, 5.41) is 21.8. The average Bonchev–Trinajstić information content (AvgIpc) is 2.86. The van der Waals surface area contributed by atoms with E-state index in [1.807, 2.05) is 4.90 Å². The summed E-state index contributed by atoms with van der Waals surface area (Å²) in [7, 11) is 1.54. The molecular weight excluding hydrogens is 457 g/mol. The van der Waals surface area contributed by atoms with Crippen molar-refractivity contribution in [1.29, 1.82) is 0 Å². The number of aliphatic hydroxyl groups is 1. The van der Waals surface area contributed by atoms with Gasteiger partial charge in [-0.25, -0.2) is 19.8 Å². The molecular formula is C24H30FN5O5. The number of halogens is 1. The van der Waals surface area contributed by atoms with E-state index in [1.165, 1.54) is 12.4 Å². The van der Waals surface area contributed by atoms with Crippen LogP contribution in [-0.2, 0) is 4.79 Å². The number of aromatic nitrogens is 2. The monoisotopic (exact) mass is 487 g/mol. The smallest absolute Gasteiger partial charge is 0.243 e. The maximum Gasteiger partial charge on any atom is 0.243 e. The number of hydrogen-bond acceptors (Lipinski definition) is 9. The molecule has 0 spiro atoms. The fourth-order valence-corrected chi connectivity index (χ4v) is 3.58. The van der Waals surface area contributed by atoms with Crippen LogP contribution in [0.25, 0.3) is 10.9 Å². The second-order valence-electron chi connectivity index (χ2n) is 7.88. The van der Waals surface area contributed by atoms with Crippen LogP contribution in [-0.4, -0.2) is 71.0 Å². The first-order valence-electron chi connectivity index (χ1n) is 11.2. The predicted molar refractivity (Wildman–Crippen MR) is 129 cm³/mol. The molecule has 0 saturated heterocycles. The molecule has 0 aliphatic carbocycles. The Morgan fingerprint density at radius 1 is 1.14 bits per heavy atom. The van der Waals surface area contributed by atoms with Crippen molar-refractivity contribution >= 4 is 28.3 Å². The van der Waals surface area contributed by atoms with Gasteiger partial charge < -0.3 is 19.9 Å². The molecule has 11 heteroatoms. The first-order chi connectivity index (χ1) is 16.9. The molecule has 0 bridgehead atoms. The quantitative estimate of drug-likeness (QED) is 0.212. The Morgan fingerprint density at radius 3 is 2.69 bits per heavy atom. The lowest BCUT2D eigenvalue weighted by Crippen LogP contribution is -2.33. The third-order valence-electron chi connectivity index (χ3n) is 5.43. The van der Waals surface area contributed by atoms with Crippen LogP contribution in [0.2, 0.25) is 0 Å². The van der Waals surface area contributed by atoms with Gasteiger partial charge in [-0.15, -0.1) is 0 Å². The highest BCUT2D eigenvalue weighted by Crippen LogP contribution is 2.34. The predicted octanol–water partition coefficient (Wildman–Crippen LogP) is 2.79. The molecule has 35 heavy (non-hydrogen) atoms. The van der Waals surface area contributed by atoms with Gasteiger partial charge in [0.15, 0.2) is 11.5 Å². The maximum atomic E-state index is 13.6. The average molecular weight is 488 g/mol. The summed E-state index contributed by atoms with van der Waals surface area (Å²) in [5.41, 5.74) is 3.47. The number of nitrogens with zero attached hydrogens (tertiary/aromatic N) is 3. The van der Waals surface area contributed by atoms with E-state index in [2.05, 4.69) is 15.3 Å². The number of methoxy groups -OCH3 is 1. The number of carbonyl (C=O) groups excluding carboxylic acids is 1. The molecule has 0 aliphatic rings. The van der Waals surface area contributed by atoms with E-state index < -0.39 is 5.91 Å². The molecule has 2 aromatic carbocycles. The van der Waals surface area contributed by atoms with Gasteiger partial charge in [0.05, 0.1) is 19.2 Å². The zero-order valence-corrected chi connectivity index (χ0v) is 19.8. The van der Waals surface area contributed by atoms with Gasteiger partial charge >= 0.3 is 0 Å². The van der Waals surface area contributed by atoms with Crippen molar-refractivity contribution in [3.05, 3.63) is 48.0 Å². The van der Waals surface area contributed by atoms with Crippen LogP contribution < -0.4 is 20.3 Å². The zero-order valence-electron chi connectivity index (χ0n) is 19.8. The highest BCUT2D eigenvalue weighted by molar-refractivity contribution is 5.93. The van der Waals surface area contributed by atoms with Gasteiger partial charge in [0.1, 0.15) is 24.6 Å². The number of carbonyl (C=O) groups is 1. The Kier molecular flexibility index (Phi) is 9.53. The Balaban J connectivity index is 1.74. The summed E-state index contributed by atoms with van der Waals surface area (Å²) >= 11 is 0. The summed E-state index contributed by atoms with van der Waals surface area (Å²) in [4.78, 5) is 21.8. The minimum atomic E-state index is -0.450. The van der Waals surface area contributed by atoms with Gasteiger partial charge in [0, 0.05) is 36.7 Å². The van der Waals surface area contributed by atoms with Crippen molar-refractivity contribution in [1.82, 2.24) is 20.3 Å². The molecule has 0 radical (unpaired) electrons. The first-order valence-corrected chi connectivity index (χ1v) is 11.2.